The maximum atomic E-state index is 5.81. The first-order valence-electron chi connectivity index (χ1n) is 8.43. The minimum absolute atomic E-state index is 0.379. The Morgan fingerprint density at radius 2 is 2.00 bits per heavy atom. The van der Waals surface area contributed by atoms with Gasteiger partial charge in [-0.05, 0) is 70.0 Å². The van der Waals surface area contributed by atoms with Crippen molar-refractivity contribution < 1.29 is 4.74 Å². The highest BCUT2D eigenvalue weighted by Gasteiger charge is 2.23. The lowest BCUT2D eigenvalue weighted by Gasteiger charge is -2.32. The van der Waals surface area contributed by atoms with Crippen LogP contribution >= 0.6 is 0 Å². The third kappa shape index (κ3) is 7.05. The number of nitrogens with two attached hydrogens (primary N) is 1. The van der Waals surface area contributed by atoms with Crippen LogP contribution in [0.25, 0.3) is 0 Å². The lowest BCUT2D eigenvalue weighted by molar-refractivity contribution is -0.00192. The first kappa shape index (κ1) is 17.9. The molecule has 2 N–H and O–H groups in total. The zero-order valence-electron chi connectivity index (χ0n) is 14.2. The molecule has 0 aromatic carbocycles. The molecule has 1 rings (SSSR count). The Kier molecular flexibility index (Phi) is 8.08. The molecule has 1 fully saturated rings. The minimum atomic E-state index is 0.379. The van der Waals surface area contributed by atoms with Crippen LogP contribution in [-0.2, 0) is 4.74 Å². The maximum Gasteiger partial charge on any atom is 0.0701 e. The molecule has 0 bridgehead atoms. The molecule has 1 saturated heterocycles. The minimum Gasteiger partial charge on any atom is -0.377 e. The van der Waals surface area contributed by atoms with Gasteiger partial charge in [0.25, 0.3) is 0 Å². The Labute approximate surface area is 126 Å². The highest BCUT2D eigenvalue weighted by Crippen LogP contribution is 2.32. The van der Waals surface area contributed by atoms with Crippen LogP contribution in [-0.4, -0.2) is 44.3 Å². The number of hydrogen-bond donors (Lipinski definition) is 1. The fourth-order valence-electron chi connectivity index (χ4n) is 3.21. The number of ether oxygens (including phenoxy) is 1. The van der Waals surface area contributed by atoms with Gasteiger partial charge < -0.3 is 15.4 Å². The van der Waals surface area contributed by atoms with Crippen molar-refractivity contribution in [3.63, 3.8) is 0 Å². The van der Waals surface area contributed by atoms with Crippen LogP contribution in [0.3, 0.4) is 0 Å². The topological polar surface area (TPSA) is 38.5 Å². The fraction of sp³-hybridized carbons (Fsp3) is 1.00. The number of nitrogens with zero attached hydrogens (tertiary/aromatic N) is 1. The number of likely N-dealkylation sites (N-methyl/N-ethyl adjacent to an activating group) is 1. The largest absolute Gasteiger partial charge is 0.377 e. The Morgan fingerprint density at radius 3 is 2.55 bits per heavy atom. The van der Waals surface area contributed by atoms with Crippen molar-refractivity contribution in [3.05, 3.63) is 0 Å². The summed E-state index contributed by atoms with van der Waals surface area (Å²) in [6.45, 7) is 11.1. The second-order valence-corrected chi connectivity index (χ2v) is 7.53. The van der Waals surface area contributed by atoms with Crippen molar-refractivity contribution in [2.45, 2.75) is 65.4 Å². The molecule has 20 heavy (non-hydrogen) atoms. The van der Waals surface area contributed by atoms with Crippen LogP contribution in [0.4, 0.5) is 0 Å². The van der Waals surface area contributed by atoms with Gasteiger partial charge in [-0.25, -0.2) is 0 Å². The molecular weight excluding hydrogens is 248 g/mol. The maximum absolute atomic E-state index is 5.81. The van der Waals surface area contributed by atoms with Crippen LogP contribution in [0.2, 0.25) is 0 Å². The molecule has 1 heterocycles. The standard InChI is InChI=1S/C17H36N2O/c1-17(2,3)15(10-11-18)8-7-12-19(4)14-16-9-5-6-13-20-16/h15-16H,5-14,18H2,1-4H3. The van der Waals surface area contributed by atoms with Crippen molar-refractivity contribution >= 4 is 0 Å². The summed E-state index contributed by atoms with van der Waals surface area (Å²) in [6, 6.07) is 0. The molecule has 1 aliphatic heterocycles. The molecule has 0 spiro atoms. The molecule has 1 aliphatic rings. The van der Waals surface area contributed by atoms with Gasteiger partial charge in [0, 0.05) is 13.2 Å². The van der Waals surface area contributed by atoms with Crippen molar-refractivity contribution in [2.24, 2.45) is 17.1 Å². The predicted octanol–water partition coefficient (Wildman–Crippen LogP) is 3.28. The second kappa shape index (κ2) is 9.01. The summed E-state index contributed by atoms with van der Waals surface area (Å²) >= 11 is 0. The quantitative estimate of drug-likeness (QED) is 0.743. The number of rotatable bonds is 8. The lowest BCUT2D eigenvalue weighted by atomic mass is 9.76. The highest BCUT2D eigenvalue weighted by molar-refractivity contribution is 4.75. The molecular formula is C17H36N2O. The van der Waals surface area contributed by atoms with Gasteiger partial charge in [0.2, 0.25) is 0 Å². The third-order valence-electron chi connectivity index (χ3n) is 4.62. The molecule has 0 aliphatic carbocycles. The Balaban J connectivity index is 2.20. The Hall–Kier alpha value is -0.120. The summed E-state index contributed by atoms with van der Waals surface area (Å²) in [5, 5.41) is 0. The monoisotopic (exact) mass is 284 g/mol. The zero-order valence-corrected chi connectivity index (χ0v) is 14.2. The molecule has 0 radical (unpaired) electrons. The van der Waals surface area contributed by atoms with Gasteiger partial charge in [-0.15, -0.1) is 0 Å². The molecule has 0 aromatic heterocycles. The third-order valence-corrected chi connectivity index (χ3v) is 4.62. The van der Waals surface area contributed by atoms with E-state index in [1.54, 1.807) is 0 Å². The van der Waals surface area contributed by atoms with Gasteiger partial charge in [0.1, 0.15) is 0 Å². The van der Waals surface area contributed by atoms with Crippen molar-refractivity contribution in [2.75, 3.05) is 33.3 Å². The van der Waals surface area contributed by atoms with Crippen LogP contribution in [0.5, 0.6) is 0 Å². The van der Waals surface area contributed by atoms with Crippen LogP contribution < -0.4 is 5.73 Å². The van der Waals surface area contributed by atoms with Gasteiger partial charge in [-0.2, -0.15) is 0 Å². The smallest absolute Gasteiger partial charge is 0.0701 e. The van der Waals surface area contributed by atoms with Gasteiger partial charge >= 0.3 is 0 Å². The summed E-state index contributed by atoms with van der Waals surface area (Å²) in [5.74, 6) is 0.742. The average molecular weight is 284 g/mol. The number of hydrogen-bond acceptors (Lipinski definition) is 3. The fourth-order valence-corrected chi connectivity index (χ4v) is 3.21. The predicted molar refractivity (Wildman–Crippen MR) is 86.9 cm³/mol. The van der Waals surface area contributed by atoms with Crippen molar-refractivity contribution in [1.29, 1.82) is 0 Å². The van der Waals surface area contributed by atoms with E-state index in [1.165, 1.54) is 38.6 Å². The van der Waals surface area contributed by atoms with Gasteiger partial charge in [-0.1, -0.05) is 20.8 Å². The zero-order chi connectivity index (χ0) is 15.0. The summed E-state index contributed by atoms with van der Waals surface area (Å²) in [5.41, 5.74) is 6.13. The van der Waals surface area contributed by atoms with E-state index in [0.717, 1.165) is 32.0 Å². The van der Waals surface area contributed by atoms with Gasteiger partial charge in [0.15, 0.2) is 0 Å². The van der Waals surface area contributed by atoms with Crippen LogP contribution in [0, 0.1) is 11.3 Å². The Bertz CT molecular complexity index is 244. The van der Waals surface area contributed by atoms with E-state index >= 15 is 0 Å². The summed E-state index contributed by atoms with van der Waals surface area (Å²) in [6.07, 6.45) is 7.99. The highest BCUT2D eigenvalue weighted by atomic mass is 16.5. The van der Waals surface area contributed by atoms with Crippen LogP contribution in [0.1, 0.15) is 59.3 Å². The molecule has 2 unspecified atom stereocenters. The molecule has 0 amide bonds. The van der Waals surface area contributed by atoms with Gasteiger partial charge in [0.05, 0.1) is 6.10 Å². The van der Waals surface area contributed by atoms with Gasteiger partial charge in [-0.3, -0.25) is 0 Å². The lowest BCUT2D eigenvalue weighted by Crippen LogP contribution is -2.34. The first-order chi connectivity index (χ1) is 9.43. The van der Waals surface area contributed by atoms with E-state index in [-0.39, 0.29) is 0 Å². The Morgan fingerprint density at radius 1 is 1.25 bits per heavy atom. The van der Waals surface area contributed by atoms with Crippen molar-refractivity contribution in [3.8, 4) is 0 Å². The second-order valence-electron chi connectivity index (χ2n) is 7.53. The normalized spacial score (nSPS) is 22.2. The summed E-state index contributed by atoms with van der Waals surface area (Å²) in [4.78, 5) is 2.44. The van der Waals surface area contributed by atoms with E-state index in [1.807, 2.05) is 0 Å². The van der Waals surface area contributed by atoms with E-state index in [9.17, 15) is 0 Å². The molecule has 0 aromatic rings. The molecule has 3 heteroatoms. The van der Waals surface area contributed by atoms with E-state index in [0.29, 0.717) is 11.5 Å². The van der Waals surface area contributed by atoms with E-state index in [4.69, 9.17) is 10.5 Å². The summed E-state index contributed by atoms with van der Waals surface area (Å²) in [7, 11) is 2.23. The van der Waals surface area contributed by atoms with E-state index < -0.39 is 0 Å². The molecule has 3 nitrogen and oxygen atoms in total. The van der Waals surface area contributed by atoms with E-state index in [2.05, 4.69) is 32.7 Å². The van der Waals surface area contributed by atoms with Crippen LogP contribution in [0.15, 0.2) is 0 Å². The summed E-state index contributed by atoms with van der Waals surface area (Å²) < 4.78 is 5.81. The molecule has 120 valence electrons. The van der Waals surface area contributed by atoms with Crippen molar-refractivity contribution in [1.82, 2.24) is 4.90 Å². The SMILES string of the molecule is CN(CCCC(CCN)C(C)(C)C)CC1CCCCO1. The molecule has 2 atom stereocenters. The first-order valence-corrected chi connectivity index (χ1v) is 8.43. The molecule has 0 saturated carbocycles. The average Bonchev–Trinajstić information content (AvgIpc) is 2.37.